The van der Waals surface area contributed by atoms with Crippen LogP contribution in [-0.4, -0.2) is 37.0 Å². The molecule has 0 bridgehead atoms. The highest BCUT2D eigenvalue weighted by molar-refractivity contribution is 5.83. The summed E-state index contributed by atoms with van der Waals surface area (Å²) in [6.07, 6.45) is 6.59. The first kappa shape index (κ1) is 14.8. The molecule has 1 amide bonds. The van der Waals surface area contributed by atoms with Crippen LogP contribution in [0.3, 0.4) is 0 Å². The first-order chi connectivity index (χ1) is 8.99. The van der Waals surface area contributed by atoms with Crippen molar-refractivity contribution in [2.75, 3.05) is 26.2 Å². The van der Waals surface area contributed by atoms with E-state index in [1.54, 1.807) is 0 Å². The first-order valence-corrected chi connectivity index (χ1v) is 7.99. The van der Waals surface area contributed by atoms with Crippen LogP contribution in [0.5, 0.6) is 0 Å². The highest BCUT2D eigenvalue weighted by Crippen LogP contribution is 2.37. The van der Waals surface area contributed by atoms with Gasteiger partial charge in [-0.15, -0.1) is 0 Å². The molecule has 0 atom stereocenters. The van der Waals surface area contributed by atoms with E-state index in [2.05, 4.69) is 31.0 Å². The molecule has 1 N–H and O–H groups in total. The van der Waals surface area contributed by atoms with Gasteiger partial charge in [-0.05, 0) is 57.0 Å². The number of hydrogen-bond acceptors (Lipinski definition) is 2. The Balaban J connectivity index is 2.05. The van der Waals surface area contributed by atoms with Crippen molar-refractivity contribution in [1.82, 2.24) is 10.2 Å². The average molecular weight is 266 g/mol. The number of piperidine rings is 1. The van der Waals surface area contributed by atoms with Gasteiger partial charge in [-0.3, -0.25) is 4.79 Å². The predicted molar refractivity (Wildman–Crippen MR) is 79.0 cm³/mol. The van der Waals surface area contributed by atoms with Crippen LogP contribution in [0.25, 0.3) is 0 Å². The Bertz CT molecular complexity index is 319. The van der Waals surface area contributed by atoms with Crippen molar-refractivity contribution < 1.29 is 4.79 Å². The van der Waals surface area contributed by atoms with Crippen LogP contribution < -0.4 is 5.32 Å². The van der Waals surface area contributed by atoms with Crippen molar-refractivity contribution in [2.45, 2.75) is 59.3 Å². The molecule has 0 aromatic rings. The number of amides is 1. The Morgan fingerprint density at radius 2 is 1.79 bits per heavy atom. The summed E-state index contributed by atoms with van der Waals surface area (Å²) >= 11 is 0. The summed E-state index contributed by atoms with van der Waals surface area (Å²) in [4.78, 5) is 15.1. The number of nitrogens with one attached hydrogen (secondary N) is 1. The third-order valence-corrected chi connectivity index (χ3v) is 5.32. The largest absolute Gasteiger partial charge is 0.342 e. The van der Waals surface area contributed by atoms with E-state index in [0.717, 1.165) is 58.3 Å². The maximum atomic E-state index is 13.0. The van der Waals surface area contributed by atoms with Gasteiger partial charge in [0.05, 0.1) is 5.41 Å². The zero-order chi connectivity index (χ0) is 13.9. The molecule has 3 nitrogen and oxygen atoms in total. The predicted octanol–water partition coefficient (Wildman–Crippen LogP) is 2.80. The lowest BCUT2D eigenvalue weighted by atomic mass is 9.75. The monoisotopic (exact) mass is 266 g/mol. The van der Waals surface area contributed by atoms with Crippen molar-refractivity contribution in [2.24, 2.45) is 10.8 Å². The van der Waals surface area contributed by atoms with Crippen molar-refractivity contribution in [3.8, 4) is 0 Å². The molecule has 2 saturated heterocycles. The summed E-state index contributed by atoms with van der Waals surface area (Å²) in [5.74, 6) is 0.439. The fourth-order valence-electron chi connectivity index (χ4n) is 3.59. The molecule has 0 aromatic carbocycles. The van der Waals surface area contributed by atoms with Gasteiger partial charge in [0.15, 0.2) is 0 Å². The molecule has 2 heterocycles. The molecular formula is C16H30N2O. The second kappa shape index (κ2) is 5.82. The van der Waals surface area contributed by atoms with Crippen LogP contribution in [-0.2, 0) is 4.79 Å². The van der Waals surface area contributed by atoms with Gasteiger partial charge in [0.1, 0.15) is 0 Å². The lowest BCUT2D eigenvalue weighted by Gasteiger charge is -2.39. The lowest BCUT2D eigenvalue weighted by Crippen LogP contribution is -2.49. The second-order valence-corrected chi connectivity index (χ2v) is 7.19. The molecule has 2 aliphatic heterocycles. The van der Waals surface area contributed by atoms with Crippen molar-refractivity contribution >= 4 is 5.91 Å². The number of rotatable bonds is 2. The van der Waals surface area contributed by atoms with E-state index in [-0.39, 0.29) is 5.41 Å². The quantitative estimate of drug-likeness (QED) is 0.833. The molecule has 0 aromatic heterocycles. The Kier molecular flexibility index (Phi) is 4.54. The minimum atomic E-state index is -0.0697. The normalized spacial score (nSPS) is 26.8. The topological polar surface area (TPSA) is 32.3 Å². The summed E-state index contributed by atoms with van der Waals surface area (Å²) in [6.45, 7) is 10.8. The molecule has 0 saturated carbocycles. The molecule has 19 heavy (non-hydrogen) atoms. The Hall–Kier alpha value is -0.570. The number of carbonyl (C=O) groups is 1. The smallest absolute Gasteiger partial charge is 0.228 e. The summed E-state index contributed by atoms with van der Waals surface area (Å²) in [5.41, 5.74) is 0.336. The van der Waals surface area contributed by atoms with Crippen molar-refractivity contribution in [1.29, 1.82) is 0 Å². The Morgan fingerprint density at radius 3 is 2.42 bits per heavy atom. The third kappa shape index (κ3) is 3.31. The molecule has 2 aliphatic rings. The van der Waals surface area contributed by atoms with Crippen LogP contribution in [0.2, 0.25) is 0 Å². The van der Waals surface area contributed by atoms with Gasteiger partial charge in [0.2, 0.25) is 5.91 Å². The second-order valence-electron chi connectivity index (χ2n) is 7.19. The van der Waals surface area contributed by atoms with Gasteiger partial charge in [-0.2, -0.15) is 0 Å². The zero-order valence-corrected chi connectivity index (χ0v) is 12.9. The number of nitrogens with zero attached hydrogens (tertiary/aromatic N) is 1. The minimum absolute atomic E-state index is 0.0697. The van der Waals surface area contributed by atoms with E-state index in [9.17, 15) is 4.79 Å². The number of hydrogen-bond donors (Lipinski definition) is 1. The molecule has 0 aliphatic carbocycles. The van der Waals surface area contributed by atoms with Gasteiger partial charge in [-0.25, -0.2) is 0 Å². The van der Waals surface area contributed by atoms with Gasteiger partial charge < -0.3 is 10.2 Å². The first-order valence-electron chi connectivity index (χ1n) is 7.99. The van der Waals surface area contributed by atoms with Crippen LogP contribution in [0, 0.1) is 10.8 Å². The van der Waals surface area contributed by atoms with Crippen LogP contribution in [0.1, 0.15) is 59.3 Å². The van der Waals surface area contributed by atoms with Crippen LogP contribution in [0.15, 0.2) is 0 Å². The van der Waals surface area contributed by atoms with E-state index < -0.39 is 0 Å². The maximum absolute atomic E-state index is 13.0. The minimum Gasteiger partial charge on any atom is -0.342 e. The van der Waals surface area contributed by atoms with E-state index >= 15 is 0 Å². The molecule has 0 radical (unpaired) electrons. The van der Waals surface area contributed by atoms with E-state index in [1.165, 1.54) is 6.42 Å². The summed E-state index contributed by atoms with van der Waals surface area (Å²) in [5, 5.41) is 3.39. The Morgan fingerprint density at radius 1 is 1.11 bits per heavy atom. The maximum Gasteiger partial charge on any atom is 0.228 e. The van der Waals surface area contributed by atoms with Gasteiger partial charge in [0, 0.05) is 13.1 Å². The van der Waals surface area contributed by atoms with E-state index in [4.69, 9.17) is 0 Å². The SMILES string of the molecule is CCC1(C(=O)N2CCCC(C)(C)CC2)CCNCC1. The highest BCUT2D eigenvalue weighted by atomic mass is 16.2. The van der Waals surface area contributed by atoms with Gasteiger partial charge in [-0.1, -0.05) is 20.8 Å². The van der Waals surface area contributed by atoms with Crippen molar-refractivity contribution in [3.05, 3.63) is 0 Å². The fourth-order valence-corrected chi connectivity index (χ4v) is 3.59. The molecule has 2 rings (SSSR count). The standard InChI is InChI=1S/C16H30N2O/c1-4-16(7-10-17-11-8-16)14(19)18-12-5-6-15(2,3)9-13-18/h17H,4-13H2,1-3H3. The lowest BCUT2D eigenvalue weighted by molar-refractivity contribution is -0.144. The third-order valence-electron chi connectivity index (χ3n) is 5.32. The molecule has 2 fully saturated rings. The molecular weight excluding hydrogens is 236 g/mol. The molecule has 0 spiro atoms. The summed E-state index contributed by atoms with van der Waals surface area (Å²) < 4.78 is 0. The molecule has 3 heteroatoms. The van der Waals surface area contributed by atoms with Crippen LogP contribution in [0.4, 0.5) is 0 Å². The van der Waals surface area contributed by atoms with Crippen LogP contribution >= 0.6 is 0 Å². The average Bonchev–Trinajstić information content (AvgIpc) is 2.59. The molecule has 0 unspecified atom stereocenters. The summed E-state index contributed by atoms with van der Waals surface area (Å²) in [7, 11) is 0. The summed E-state index contributed by atoms with van der Waals surface area (Å²) in [6, 6.07) is 0. The zero-order valence-electron chi connectivity index (χ0n) is 12.9. The van der Waals surface area contributed by atoms with Gasteiger partial charge in [0.25, 0.3) is 0 Å². The number of likely N-dealkylation sites (tertiary alicyclic amines) is 1. The fraction of sp³-hybridized carbons (Fsp3) is 0.938. The number of carbonyl (C=O) groups excluding carboxylic acids is 1. The Labute approximate surface area is 118 Å². The van der Waals surface area contributed by atoms with E-state index in [0.29, 0.717) is 11.3 Å². The highest BCUT2D eigenvalue weighted by Gasteiger charge is 2.41. The van der Waals surface area contributed by atoms with Crippen molar-refractivity contribution in [3.63, 3.8) is 0 Å². The van der Waals surface area contributed by atoms with Gasteiger partial charge >= 0.3 is 0 Å². The van der Waals surface area contributed by atoms with E-state index in [1.807, 2.05) is 0 Å². The molecule has 110 valence electrons.